The van der Waals surface area contributed by atoms with E-state index in [0.29, 0.717) is 6.61 Å². The molecule has 0 radical (unpaired) electrons. The molecule has 0 spiro atoms. The van der Waals surface area contributed by atoms with Crippen LogP contribution in [0.1, 0.15) is 19.4 Å². The molecule has 0 aliphatic carbocycles. The Hall–Kier alpha value is -2.99. The smallest absolute Gasteiger partial charge is 0.418 e. The third-order valence-corrected chi connectivity index (χ3v) is 5.44. The summed E-state index contributed by atoms with van der Waals surface area (Å²) >= 11 is 6.25. The molecule has 0 saturated carbocycles. The molecule has 0 aliphatic heterocycles. The lowest BCUT2D eigenvalue weighted by molar-refractivity contribution is -0.136. The molecule has 13 heteroatoms. The molecular weight excluding hydrogens is 485 g/mol. The number of anilines is 1. The summed E-state index contributed by atoms with van der Waals surface area (Å²) in [6.45, 7) is 4.28. The molecule has 176 valence electrons. The molecule has 0 amide bonds. The number of hydrogen-bond donors (Lipinski definition) is 1. The van der Waals surface area contributed by atoms with Gasteiger partial charge in [0.1, 0.15) is 5.02 Å². The van der Waals surface area contributed by atoms with Crippen LogP contribution in [-0.2, 0) is 16.2 Å². The first-order chi connectivity index (χ1) is 15.3. The molecule has 0 saturated heterocycles. The van der Waals surface area contributed by atoms with Gasteiger partial charge < -0.3 is 13.8 Å². The lowest BCUT2D eigenvalue weighted by Gasteiger charge is -2.11. The van der Waals surface area contributed by atoms with Gasteiger partial charge in [0.05, 0.1) is 41.2 Å². The third-order valence-electron chi connectivity index (χ3n) is 4.61. The van der Waals surface area contributed by atoms with Crippen LogP contribution in [0.4, 0.5) is 19.0 Å². The average Bonchev–Trinajstić information content (AvgIpc) is 3.25. The summed E-state index contributed by atoms with van der Waals surface area (Å²) in [5.41, 5.74) is -0.420. The lowest BCUT2D eigenvalue weighted by atomic mass is 10.1. The molecule has 1 aromatic carbocycles. The summed E-state index contributed by atoms with van der Waals surface area (Å²) < 4.78 is 78.7. The fourth-order valence-corrected chi connectivity index (χ4v) is 3.96. The van der Waals surface area contributed by atoms with E-state index in [1.807, 2.05) is 13.8 Å². The van der Waals surface area contributed by atoms with E-state index < -0.39 is 21.8 Å². The molecule has 4 aromatic rings. The first-order valence-electron chi connectivity index (χ1n) is 9.61. The highest BCUT2D eigenvalue weighted by Crippen LogP contribution is 2.40. The van der Waals surface area contributed by atoms with Crippen molar-refractivity contribution in [2.45, 2.75) is 20.0 Å². The first-order valence-corrected chi connectivity index (χ1v) is 11.9. The highest BCUT2D eigenvalue weighted by molar-refractivity contribution is 7.92. The van der Waals surface area contributed by atoms with Crippen molar-refractivity contribution in [3.8, 4) is 11.6 Å². The summed E-state index contributed by atoms with van der Waals surface area (Å²) in [7, 11) is -3.72. The number of halogens is 4. The van der Waals surface area contributed by atoms with Gasteiger partial charge in [0, 0.05) is 17.6 Å². The van der Waals surface area contributed by atoms with Crippen LogP contribution in [0, 0.1) is 5.92 Å². The second-order valence-corrected chi connectivity index (χ2v) is 10.0. The normalized spacial score (nSPS) is 12.7. The number of fused-ring (bicyclic) bond motifs is 2. The summed E-state index contributed by atoms with van der Waals surface area (Å²) in [5.74, 6) is 0.207. The molecule has 3 heterocycles. The van der Waals surface area contributed by atoms with Gasteiger partial charge in [-0.15, -0.1) is 0 Å². The van der Waals surface area contributed by atoms with Crippen LogP contribution < -0.4 is 9.46 Å². The van der Waals surface area contributed by atoms with Gasteiger partial charge in [0.25, 0.3) is 0 Å². The zero-order chi connectivity index (χ0) is 24.1. The fourth-order valence-electron chi connectivity index (χ4n) is 3.24. The van der Waals surface area contributed by atoms with E-state index >= 15 is 0 Å². The number of sulfonamides is 1. The molecule has 33 heavy (non-hydrogen) atoms. The Labute approximate surface area is 191 Å². The maximum absolute atomic E-state index is 13.8. The topological polar surface area (TPSA) is 99.2 Å². The summed E-state index contributed by atoms with van der Waals surface area (Å²) in [6.07, 6.45) is -1.52. The third kappa shape index (κ3) is 4.71. The van der Waals surface area contributed by atoms with Crippen LogP contribution >= 0.6 is 11.6 Å². The first kappa shape index (κ1) is 23.2. The Morgan fingerprint density at radius 3 is 2.58 bits per heavy atom. The van der Waals surface area contributed by atoms with Crippen LogP contribution in [0.25, 0.3) is 27.6 Å². The molecule has 0 fully saturated rings. The molecule has 0 aliphatic rings. The number of benzene rings is 1. The highest BCUT2D eigenvalue weighted by Gasteiger charge is 2.35. The highest BCUT2D eigenvalue weighted by atomic mass is 35.5. The Balaban J connectivity index is 1.89. The predicted molar refractivity (Wildman–Crippen MR) is 117 cm³/mol. The zero-order valence-electron chi connectivity index (χ0n) is 17.6. The number of nitrogens with one attached hydrogen (secondary N) is 1. The monoisotopic (exact) mass is 502 g/mol. The zero-order valence-corrected chi connectivity index (χ0v) is 19.1. The van der Waals surface area contributed by atoms with Crippen molar-refractivity contribution in [2.24, 2.45) is 5.92 Å². The minimum absolute atomic E-state index is 0.0877. The summed E-state index contributed by atoms with van der Waals surface area (Å²) in [6, 6.07) is 3.98. The van der Waals surface area contributed by atoms with Gasteiger partial charge >= 0.3 is 6.18 Å². The molecule has 4 rings (SSSR count). The van der Waals surface area contributed by atoms with Crippen molar-refractivity contribution in [1.29, 1.82) is 0 Å². The average molecular weight is 503 g/mol. The molecule has 0 bridgehead atoms. The molecule has 8 nitrogen and oxygen atoms in total. The fraction of sp³-hybridized carbons (Fsp3) is 0.300. The number of aromatic nitrogens is 3. The number of rotatable bonds is 6. The van der Waals surface area contributed by atoms with Gasteiger partial charge in [-0.2, -0.15) is 13.2 Å². The van der Waals surface area contributed by atoms with Gasteiger partial charge in [0.2, 0.25) is 15.9 Å². The molecule has 0 unspecified atom stereocenters. The van der Waals surface area contributed by atoms with Gasteiger partial charge in [0.15, 0.2) is 11.4 Å². The Morgan fingerprint density at radius 2 is 1.97 bits per heavy atom. The van der Waals surface area contributed by atoms with Crippen LogP contribution in [0.3, 0.4) is 0 Å². The second kappa shape index (κ2) is 8.10. The van der Waals surface area contributed by atoms with Crippen molar-refractivity contribution in [3.05, 3.63) is 41.2 Å². The maximum Gasteiger partial charge on any atom is 0.418 e. The van der Waals surface area contributed by atoms with Gasteiger partial charge in [-0.05, 0) is 18.1 Å². The van der Waals surface area contributed by atoms with Crippen LogP contribution in [0.15, 0.2) is 35.1 Å². The minimum Gasteiger partial charge on any atom is -0.476 e. The molecule has 1 N–H and O–H groups in total. The van der Waals surface area contributed by atoms with E-state index in [9.17, 15) is 21.6 Å². The van der Waals surface area contributed by atoms with Gasteiger partial charge in [-0.1, -0.05) is 30.6 Å². The summed E-state index contributed by atoms with van der Waals surface area (Å²) in [5, 5.41) is 3.69. The predicted octanol–water partition coefficient (Wildman–Crippen LogP) is 5.25. The van der Waals surface area contributed by atoms with Crippen molar-refractivity contribution in [3.63, 3.8) is 0 Å². The second-order valence-electron chi connectivity index (χ2n) is 7.87. The Kier molecular flexibility index (Phi) is 5.69. The maximum atomic E-state index is 13.8. The van der Waals surface area contributed by atoms with Crippen molar-refractivity contribution >= 4 is 49.3 Å². The minimum atomic E-state index is -4.68. The number of alkyl halides is 3. The van der Waals surface area contributed by atoms with Crippen molar-refractivity contribution in [1.82, 2.24) is 14.7 Å². The van der Waals surface area contributed by atoms with Crippen molar-refractivity contribution < 1.29 is 30.8 Å². The SMILES string of the molecule is CC(C)COc1ncc(-n2cc(C(F)(F)F)c3cc4c(NS(C)(=O)=O)noc4cc32)cc1Cl. The molecule has 0 atom stereocenters. The lowest BCUT2D eigenvalue weighted by Crippen LogP contribution is -2.09. The quantitative estimate of drug-likeness (QED) is 0.387. The Bertz CT molecular complexity index is 1460. The number of hydrogen-bond acceptors (Lipinski definition) is 6. The van der Waals surface area contributed by atoms with E-state index in [1.54, 1.807) is 0 Å². The summed E-state index contributed by atoms with van der Waals surface area (Å²) in [4.78, 5) is 4.14. The number of nitrogens with zero attached hydrogens (tertiary/aromatic N) is 3. The molecular formula is C20H18ClF3N4O4S. The standard InChI is InChI=1S/C20H18ClF3N4O4S/c1-10(2)9-31-19-15(21)4-11(7-25-19)28-8-14(20(22,23)24)12-5-13-17(6-16(12)28)32-26-18(13)27-33(3,29)30/h4-8,10H,9H2,1-3H3,(H,26,27). The van der Waals surface area contributed by atoms with Crippen molar-refractivity contribution in [2.75, 3.05) is 17.6 Å². The van der Waals surface area contributed by atoms with E-state index in [0.717, 1.165) is 12.5 Å². The van der Waals surface area contributed by atoms with E-state index in [4.69, 9.17) is 20.9 Å². The van der Waals surface area contributed by atoms with E-state index in [-0.39, 0.29) is 50.2 Å². The van der Waals surface area contributed by atoms with E-state index in [1.165, 1.54) is 29.0 Å². The largest absolute Gasteiger partial charge is 0.476 e. The van der Waals surface area contributed by atoms with Crippen LogP contribution in [0.5, 0.6) is 5.88 Å². The van der Waals surface area contributed by atoms with Gasteiger partial charge in [-0.3, -0.25) is 4.72 Å². The van der Waals surface area contributed by atoms with Gasteiger partial charge in [-0.25, -0.2) is 13.4 Å². The van der Waals surface area contributed by atoms with E-state index in [2.05, 4.69) is 14.9 Å². The molecule has 3 aromatic heterocycles. The number of pyridine rings is 1. The Morgan fingerprint density at radius 1 is 1.24 bits per heavy atom. The van der Waals surface area contributed by atoms with Crippen LogP contribution in [-0.4, -0.2) is 36.0 Å². The van der Waals surface area contributed by atoms with Crippen LogP contribution in [0.2, 0.25) is 5.02 Å². The number of ether oxygens (including phenoxy) is 1.